The summed E-state index contributed by atoms with van der Waals surface area (Å²) in [6.07, 6.45) is 0. The van der Waals surface area contributed by atoms with Crippen LogP contribution in [0.4, 0.5) is 15.8 Å². The molecule has 0 saturated carbocycles. The lowest BCUT2D eigenvalue weighted by Crippen LogP contribution is -2.27. The lowest BCUT2D eigenvalue weighted by molar-refractivity contribution is -0.115. The highest BCUT2D eigenvalue weighted by Gasteiger charge is 2.19. The van der Waals surface area contributed by atoms with Crippen molar-refractivity contribution in [2.24, 2.45) is 0 Å². The molecule has 0 bridgehead atoms. The summed E-state index contributed by atoms with van der Waals surface area (Å²) in [5.74, 6) is -0.0540. The van der Waals surface area contributed by atoms with Crippen molar-refractivity contribution in [2.75, 3.05) is 10.7 Å². The topological polar surface area (TPSA) is 59.2 Å². The third kappa shape index (κ3) is 4.52. The Morgan fingerprint density at radius 2 is 1.45 bits per heavy atom. The molecule has 0 unspecified atom stereocenters. The molecule has 0 aliphatic carbocycles. The minimum absolute atomic E-state index is 0.117. The van der Waals surface area contributed by atoms with Gasteiger partial charge in [0, 0.05) is 16.9 Å². The van der Waals surface area contributed by atoms with Gasteiger partial charge in [0.05, 0.1) is 5.75 Å². The molecular formula is C22H16FN3O2S. The first-order chi connectivity index (χ1) is 14.2. The Balaban J connectivity index is 1.49. The van der Waals surface area contributed by atoms with Gasteiger partial charge in [0.15, 0.2) is 0 Å². The molecule has 4 aromatic rings. The van der Waals surface area contributed by atoms with Gasteiger partial charge >= 0.3 is 0 Å². The van der Waals surface area contributed by atoms with E-state index in [1.54, 1.807) is 17.0 Å². The number of aromatic nitrogens is 2. The van der Waals surface area contributed by atoms with E-state index >= 15 is 0 Å². The predicted molar refractivity (Wildman–Crippen MR) is 110 cm³/mol. The number of anilines is 2. The van der Waals surface area contributed by atoms with Crippen molar-refractivity contribution >= 4 is 29.0 Å². The van der Waals surface area contributed by atoms with E-state index < -0.39 is 0 Å². The maximum atomic E-state index is 13.1. The van der Waals surface area contributed by atoms with Gasteiger partial charge in [-0.15, -0.1) is 10.2 Å². The van der Waals surface area contributed by atoms with Crippen LogP contribution in [0.25, 0.3) is 11.5 Å². The second-order valence-electron chi connectivity index (χ2n) is 6.07. The maximum Gasteiger partial charge on any atom is 0.277 e. The molecule has 0 N–H and O–H groups in total. The Morgan fingerprint density at radius 3 is 2.03 bits per heavy atom. The average molecular weight is 405 g/mol. The minimum atomic E-state index is -0.338. The Labute approximate surface area is 171 Å². The number of amides is 1. The third-order valence-electron chi connectivity index (χ3n) is 4.09. The first-order valence-electron chi connectivity index (χ1n) is 8.86. The van der Waals surface area contributed by atoms with Gasteiger partial charge in [-0.05, 0) is 48.5 Å². The highest BCUT2D eigenvalue weighted by molar-refractivity contribution is 7.99. The molecule has 0 fully saturated rings. The summed E-state index contributed by atoms with van der Waals surface area (Å²) in [6, 6.07) is 24.7. The van der Waals surface area contributed by atoms with Crippen LogP contribution in [-0.4, -0.2) is 21.9 Å². The Hall–Kier alpha value is -3.45. The number of benzene rings is 3. The first kappa shape index (κ1) is 18.9. The van der Waals surface area contributed by atoms with Crippen LogP contribution in [-0.2, 0) is 4.79 Å². The summed E-state index contributed by atoms with van der Waals surface area (Å²) >= 11 is 1.16. The minimum Gasteiger partial charge on any atom is -0.411 e. The van der Waals surface area contributed by atoms with Crippen LogP contribution in [0.3, 0.4) is 0 Å². The van der Waals surface area contributed by atoms with E-state index in [9.17, 15) is 9.18 Å². The van der Waals surface area contributed by atoms with Crippen molar-refractivity contribution < 1.29 is 13.6 Å². The lowest BCUT2D eigenvalue weighted by atomic mass is 10.2. The van der Waals surface area contributed by atoms with Crippen LogP contribution in [0.5, 0.6) is 0 Å². The number of halogens is 1. The second kappa shape index (κ2) is 8.70. The van der Waals surface area contributed by atoms with Crippen LogP contribution in [0.1, 0.15) is 0 Å². The van der Waals surface area contributed by atoms with Crippen LogP contribution >= 0.6 is 11.8 Å². The highest BCUT2D eigenvalue weighted by atomic mass is 32.2. The monoisotopic (exact) mass is 405 g/mol. The fraction of sp³-hybridized carbons (Fsp3) is 0.0455. The summed E-state index contributed by atoms with van der Waals surface area (Å²) in [4.78, 5) is 14.7. The number of carbonyl (C=O) groups is 1. The molecule has 1 heterocycles. The average Bonchev–Trinajstić information content (AvgIpc) is 3.24. The van der Waals surface area contributed by atoms with E-state index in [0.29, 0.717) is 5.56 Å². The van der Waals surface area contributed by atoms with Crippen molar-refractivity contribution in [2.45, 2.75) is 5.22 Å². The van der Waals surface area contributed by atoms with Crippen LogP contribution in [0, 0.1) is 5.82 Å². The third-order valence-corrected chi connectivity index (χ3v) is 4.90. The van der Waals surface area contributed by atoms with Crippen molar-refractivity contribution in [3.63, 3.8) is 0 Å². The van der Waals surface area contributed by atoms with E-state index in [1.165, 1.54) is 12.1 Å². The van der Waals surface area contributed by atoms with Crippen LogP contribution in [0.15, 0.2) is 94.6 Å². The smallest absolute Gasteiger partial charge is 0.277 e. The molecule has 1 aromatic heterocycles. The van der Waals surface area contributed by atoms with E-state index in [1.807, 2.05) is 60.7 Å². The van der Waals surface area contributed by atoms with Gasteiger partial charge in [-0.1, -0.05) is 48.2 Å². The summed E-state index contributed by atoms with van der Waals surface area (Å²) in [5, 5.41) is 8.22. The van der Waals surface area contributed by atoms with Crippen molar-refractivity contribution in [3.8, 4) is 11.5 Å². The zero-order valence-electron chi connectivity index (χ0n) is 15.2. The summed E-state index contributed by atoms with van der Waals surface area (Å²) in [5.41, 5.74) is 2.18. The highest BCUT2D eigenvalue weighted by Crippen LogP contribution is 2.28. The molecule has 1 amide bonds. The van der Waals surface area contributed by atoms with Gasteiger partial charge in [-0.25, -0.2) is 4.39 Å². The Kier molecular flexibility index (Phi) is 5.67. The number of carbonyl (C=O) groups excluding carboxylic acids is 1. The molecule has 0 saturated heterocycles. The number of para-hydroxylation sites is 2. The van der Waals surface area contributed by atoms with Gasteiger partial charge in [0.25, 0.3) is 5.22 Å². The van der Waals surface area contributed by atoms with Gasteiger partial charge in [-0.2, -0.15) is 0 Å². The molecule has 7 heteroatoms. The van der Waals surface area contributed by atoms with Gasteiger partial charge < -0.3 is 4.42 Å². The molecule has 0 aliphatic heterocycles. The molecule has 0 spiro atoms. The number of thioether (sulfide) groups is 1. The molecule has 29 heavy (non-hydrogen) atoms. The van der Waals surface area contributed by atoms with E-state index in [4.69, 9.17) is 4.42 Å². The Morgan fingerprint density at radius 1 is 0.862 bits per heavy atom. The van der Waals surface area contributed by atoms with E-state index in [2.05, 4.69) is 10.2 Å². The standard InChI is InChI=1S/C22H16FN3O2S/c23-17-13-11-16(12-14-17)21-24-25-22(28-21)29-15-20(27)26(18-7-3-1-4-8-18)19-9-5-2-6-10-19/h1-14H,15H2. The Bertz CT molecular complexity index is 1050. The summed E-state index contributed by atoms with van der Waals surface area (Å²) < 4.78 is 18.7. The van der Waals surface area contributed by atoms with E-state index in [-0.39, 0.29) is 28.6 Å². The predicted octanol–water partition coefficient (Wildman–Crippen LogP) is 5.33. The zero-order valence-corrected chi connectivity index (χ0v) is 16.1. The SMILES string of the molecule is O=C(CSc1nnc(-c2ccc(F)cc2)o1)N(c1ccccc1)c1ccccc1. The number of rotatable bonds is 6. The number of hydrogen-bond donors (Lipinski definition) is 0. The van der Waals surface area contributed by atoms with E-state index in [0.717, 1.165) is 23.1 Å². The lowest BCUT2D eigenvalue weighted by Gasteiger charge is -2.22. The largest absolute Gasteiger partial charge is 0.411 e. The van der Waals surface area contributed by atoms with Gasteiger partial charge in [-0.3, -0.25) is 9.69 Å². The van der Waals surface area contributed by atoms with Gasteiger partial charge in [0.2, 0.25) is 11.8 Å². The molecule has 0 aliphatic rings. The van der Waals surface area contributed by atoms with Crippen molar-refractivity contribution in [1.29, 1.82) is 0 Å². The molecule has 5 nitrogen and oxygen atoms in total. The van der Waals surface area contributed by atoms with Crippen molar-refractivity contribution in [1.82, 2.24) is 10.2 Å². The maximum absolute atomic E-state index is 13.1. The zero-order chi connectivity index (χ0) is 20.1. The molecule has 0 radical (unpaired) electrons. The fourth-order valence-electron chi connectivity index (χ4n) is 2.76. The fourth-order valence-corrected chi connectivity index (χ4v) is 3.37. The number of nitrogens with zero attached hydrogens (tertiary/aromatic N) is 3. The molecule has 144 valence electrons. The summed E-state index contributed by atoms with van der Waals surface area (Å²) in [7, 11) is 0. The quantitative estimate of drug-likeness (QED) is 0.406. The normalized spacial score (nSPS) is 10.7. The molecular weight excluding hydrogens is 389 g/mol. The molecule has 3 aromatic carbocycles. The second-order valence-corrected chi connectivity index (χ2v) is 7.00. The number of hydrogen-bond acceptors (Lipinski definition) is 5. The first-order valence-corrected chi connectivity index (χ1v) is 9.84. The van der Waals surface area contributed by atoms with Gasteiger partial charge in [0.1, 0.15) is 5.82 Å². The summed E-state index contributed by atoms with van der Waals surface area (Å²) in [6.45, 7) is 0. The molecule has 0 atom stereocenters. The van der Waals surface area contributed by atoms with Crippen LogP contribution < -0.4 is 4.90 Å². The molecule has 4 rings (SSSR count). The van der Waals surface area contributed by atoms with Crippen LogP contribution in [0.2, 0.25) is 0 Å². The van der Waals surface area contributed by atoms with Crippen molar-refractivity contribution in [3.05, 3.63) is 90.7 Å².